The van der Waals surface area contributed by atoms with Gasteiger partial charge in [0.1, 0.15) is 17.1 Å². The van der Waals surface area contributed by atoms with Crippen LogP contribution in [0.25, 0.3) is 10.9 Å². The summed E-state index contributed by atoms with van der Waals surface area (Å²) >= 11 is 0. The molecule has 0 spiro atoms. The predicted molar refractivity (Wildman–Crippen MR) is 125 cm³/mol. The van der Waals surface area contributed by atoms with Gasteiger partial charge < -0.3 is 26.0 Å². The Hall–Kier alpha value is -3.30. The van der Waals surface area contributed by atoms with Gasteiger partial charge in [0.05, 0.1) is 10.9 Å². The fourth-order valence-electron chi connectivity index (χ4n) is 5.14. The summed E-state index contributed by atoms with van der Waals surface area (Å²) in [5.74, 6) is -3.21. The number of hydrogen-bond acceptors (Lipinski definition) is 5. The summed E-state index contributed by atoms with van der Waals surface area (Å²) in [4.78, 5) is 25.9. The van der Waals surface area contributed by atoms with Crippen molar-refractivity contribution in [3.8, 4) is 0 Å². The lowest BCUT2D eigenvalue weighted by Crippen LogP contribution is -2.26. The van der Waals surface area contributed by atoms with Crippen LogP contribution in [-0.2, 0) is 6.54 Å². The largest absolute Gasteiger partial charge is 0.477 e. The molecule has 7 nitrogen and oxygen atoms in total. The van der Waals surface area contributed by atoms with Gasteiger partial charge in [0, 0.05) is 37.8 Å². The Morgan fingerprint density at radius 2 is 1.91 bits per heavy atom. The van der Waals surface area contributed by atoms with Crippen molar-refractivity contribution in [1.82, 2.24) is 4.57 Å². The molecular weight excluding hydrogens is 442 g/mol. The third kappa shape index (κ3) is 3.65. The molecular formula is C25H26F2N4O3. The van der Waals surface area contributed by atoms with E-state index in [2.05, 4.69) is 0 Å². The molecule has 34 heavy (non-hydrogen) atoms. The molecule has 2 aromatic carbocycles. The zero-order valence-electron chi connectivity index (χ0n) is 18.5. The average Bonchev–Trinajstić information content (AvgIpc) is 3.58. The van der Waals surface area contributed by atoms with E-state index >= 15 is 8.78 Å². The first-order valence-electron chi connectivity index (χ1n) is 11.4. The Labute approximate surface area is 194 Å². The Morgan fingerprint density at radius 1 is 1.15 bits per heavy atom. The second-order valence-corrected chi connectivity index (χ2v) is 9.19. The number of carbonyl (C=O) groups is 1. The van der Waals surface area contributed by atoms with E-state index in [1.165, 1.54) is 10.8 Å². The van der Waals surface area contributed by atoms with Crippen molar-refractivity contribution >= 4 is 22.6 Å². The summed E-state index contributed by atoms with van der Waals surface area (Å²) in [5, 5.41) is 9.16. The van der Waals surface area contributed by atoms with Crippen LogP contribution in [0, 0.1) is 17.6 Å². The Morgan fingerprint density at radius 3 is 2.56 bits per heavy atom. The molecule has 5 rings (SSSR count). The van der Waals surface area contributed by atoms with Crippen molar-refractivity contribution in [1.29, 1.82) is 0 Å². The molecule has 1 aromatic heterocycles. The van der Waals surface area contributed by atoms with Crippen LogP contribution in [0.3, 0.4) is 0 Å². The fraction of sp³-hybridized carbons (Fsp3) is 0.360. The highest BCUT2D eigenvalue weighted by molar-refractivity contribution is 5.94. The standard InChI is InChI=1S/C25H26F2N4O3/c26-20-7-17-22(31(16-4-5-16)12-19(24(17)32)25(33)34)21(27)23(20)30-10-15(9-29)18(11-30)14-3-1-2-13(6-14)8-28/h1-3,6-7,12,15-16,18H,4-5,8-11,28-29H2,(H,33,34)/t15-,18+/m1/s1. The van der Waals surface area contributed by atoms with Crippen LogP contribution in [-0.4, -0.2) is 35.3 Å². The molecule has 178 valence electrons. The zero-order valence-corrected chi connectivity index (χ0v) is 18.5. The minimum atomic E-state index is -1.42. The lowest BCUT2D eigenvalue weighted by molar-refractivity contribution is 0.0694. The van der Waals surface area contributed by atoms with Gasteiger partial charge in [0.25, 0.3) is 0 Å². The minimum Gasteiger partial charge on any atom is -0.477 e. The first kappa shape index (κ1) is 22.5. The highest BCUT2D eigenvalue weighted by Gasteiger charge is 2.37. The second-order valence-electron chi connectivity index (χ2n) is 9.19. The molecule has 2 aliphatic rings. The van der Waals surface area contributed by atoms with Crippen LogP contribution in [0.2, 0.25) is 0 Å². The maximum Gasteiger partial charge on any atom is 0.341 e. The zero-order chi connectivity index (χ0) is 24.1. The molecule has 1 aliphatic heterocycles. The van der Waals surface area contributed by atoms with E-state index < -0.39 is 28.6 Å². The molecule has 0 bridgehead atoms. The number of halogens is 2. The number of carboxylic acid groups (broad SMARTS) is 1. The summed E-state index contributed by atoms with van der Waals surface area (Å²) in [7, 11) is 0. The van der Waals surface area contributed by atoms with E-state index in [9.17, 15) is 14.7 Å². The number of nitrogens with two attached hydrogens (primary N) is 2. The van der Waals surface area contributed by atoms with E-state index in [-0.39, 0.29) is 34.5 Å². The highest BCUT2D eigenvalue weighted by Crippen LogP contribution is 2.42. The van der Waals surface area contributed by atoms with Crippen LogP contribution < -0.4 is 21.8 Å². The molecule has 3 aromatic rings. The molecule has 5 N–H and O–H groups in total. The van der Waals surface area contributed by atoms with Gasteiger partial charge in [0.15, 0.2) is 5.82 Å². The van der Waals surface area contributed by atoms with Gasteiger partial charge in [-0.3, -0.25) is 4.79 Å². The number of aromatic nitrogens is 1. The maximum atomic E-state index is 16.0. The predicted octanol–water partition coefficient (Wildman–Crippen LogP) is 2.95. The Kier molecular flexibility index (Phi) is 5.61. The normalized spacial score (nSPS) is 20.3. The highest BCUT2D eigenvalue weighted by atomic mass is 19.1. The summed E-state index contributed by atoms with van der Waals surface area (Å²) < 4.78 is 32.8. The Bertz CT molecular complexity index is 1350. The van der Waals surface area contributed by atoms with Gasteiger partial charge >= 0.3 is 5.97 Å². The second kappa shape index (κ2) is 8.48. The van der Waals surface area contributed by atoms with Crippen LogP contribution in [0.1, 0.15) is 46.3 Å². The van der Waals surface area contributed by atoms with Crippen molar-refractivity contribution in [3.05, 3.63) is 75.1 Å². The van der Waals surface area contributed by atoms with Gasteiger partial charge in [-0.25, -0.2) is 13.6 Å². The molecule has 1 saturated heterocycles. The number of pyridine rings is 1. The molecule has 0 unspecified atom stereocenters. The lowest BCUT2D eigenvalue weighted by atomic mass is 9.88. The molecule has 9 heteroatoms. The smallest absolute Gasteiger partial charge is 0.341 e. The summed E-state index contributed by atoms with van der Waals surface area (Å²) in [6.45, 7) is 1.45. The molecule has 1 aliphatic carbocycles. The molecule has 1 saturated carbocycles. The fourth-order valence-corrected chi connectivity index (χ4v) is 5.14. The van der Waals surface area contributed by atoms with Crippen molar-refractivity contribution in [2.24, 2.45) is 17.4 Å². The molecule has 2 heterocycles. The summed E-state index contributed by atoms with van der Waals surface area (Å²) in [6.07, 6.45) is 2.66. The van der Waals surface area contributed by atoms with Crippen molar-refractivity contribution in [2.75, 3.05) is 24.5 Å². The molecule has 0 amide bonds. The molecule has 0 radical (unpaired) electrons. The summed E-state index contributed by atoms with van der Waals surface area (Å²) in [5.41, 5.74) is 12.2. The van der Waals surface area contributed by atoms with Gasteiger partial charge in [-0.05, 0) is 42.5 Å². The average molecular weight is 469 g/mol. The number of carboxylic acids is 1. The third-order valence-corrected chi connectivity index (χ3v) is 7.03. The number of rotatable bonds is 6. The number of benzene rings is 2. The van der Waals surface area contributed by atoms with E-state index in [4.69, 9.17) is 11.5 Å². The number of fused-ring (bicyclic) bond motifs is 1. The quantitative estimate of drug-likeness (QED) is 0.513. The maximum absolute atomic E-state index is 16.0. The van der Waals surface area contributed by atoms with Crippen LogP contribution in [0.5, 0.6) is 0 Å². The van der Waals surface area contributed by atoms with Crippen molar-refractivity contribution < 1.29 is 18.7 Å². The summed E-state index contributed by atoms with van der Waals surface area (Å²) in [6, 6.07) is 8.68. The van der Waals surface area contributed by atoms with Crippen molar-refractivity contribution in [2.45, 2.75) is 31.3 Å². The monoisotopic (exact) mass is 468 g/mol. The first-order chi connectivity index (χ1) is 16.3. The first-order valence-corrected chi connectivity index (χ1v) is 11.4. The Balaban J connectivity index is 1.63. The third-order valence-electron chi connectivity index (χ3n) is 7.03. The van der Waals surface area contributed by atoms with Crippen LogP contribution in [0.4, 0.5) is 14.5 Å². The topological polar surface area (TPSA) is 115 Å². The van der Waals surface area contributed by atoms with Crippen LogP contribution >= 0.6 is 0 Å². The molecule has 2 atom stereocenters. The minimum absolute atomic E-state index is 0.0254. The van der Waals surface area contributed by atoms with Gasteiger partial charge in [-0.15, -0.1) is 0 Å². The van der Waals surface area contributed by atoms with Crippen molar-refractivity contribution in [3.63, 3.8) is 0 Å². The van der Waals surface area contributed by atoms with E-state index in [0.717, 1.165) is 30.0 Å². The van der Waals surface area contributed by atoms with Gasteiger partial charge in [0.2, 0.25) is 5.43 Å². The van der Waals surface area contributed by atoms with Crippen LogP contribution in [0.15, 0.2) is 41.3 Å². The van der Waals surface area contributed by atoms with Gasteiger partial charge in [-0.2, -0.15) is 0 Å². The SMILES string of the molecule is NCc1cccc([C@@H]2CN(c3c(F)cc4c(=O)c(C(=O)O)cn(C5CC5)c4c3F)C[C@H]2CN)c1. The number of hydrogen-bond donors (Lipinski definition) is 3. The van der Waals surface area contributed by atoms with Gasteiger partial charge in [-0.1, -0.05) is 24.3 Å². The van der Waals surface area contributed by atoms with E-state index in [0.29, 0.717) is 26.2 Å². The van der Waals surface area contributed by atoms with E-state index in [1.807, 2.05) is 24.3 Å². The lowest BCUT2D eigenvalue weighted by Gasteiger charge is -2.22. The number of aromatic carboxylic acids is 1. The number of nitrogens with zero attached hydrogens (tertiary/aromatic N) is 2. The number of anilines is 1. The molecule has 2 fully saturated rings. The van der Waals surface area contributed by atoms with E-state index in [1.54, 1.807) is 4.90 Å².